The van der Waals surface area contributed by atoms with E-state index in [1.807, 2.05) is 6.92 Å². The number of halogens is 5. The summed E-state index contributed by atoms with van der Waals surface area (Å²) in [4.78, 5) is 11.9. The highest BCUT2D eigenvalue weighted by molar-refractivity contribution is 5.91. The molecule has 0 radical (unpaired) electrons. The molecule has 0 heterocycles. The second kappa shape index (κ2) is 7.42. The summed E-state index contributed by atoms with van der Waals surface area (Å²) in [7, 11) is 0. The summed E-state index contributed by atoms with van der Waals surface area (Å²) in [6.45, 7) is 1.91. The first-order valence-corrected chi connectivity index (χ1v) is 7.11. The number of hydrogen-bond donors (Lipinski definition) is 0. The fourth-order valence-electron chi connectivity index (χ4n) is 2.16. The number of carbonyl (C=O) groups excluding carboxylic acids is 1. The van der Waals surface area contributed by atoms with Crippen LogP contribution < -0.4 is 4.74 Å². The first kappa shape index (κ1) is 17.9. The van der Waals surface area contributed by atoms with Crippen LogP contribution in [-0.2, 0) is 6.42 Å². The van der Waals surface area contributed by atoms with Crippen LogP contribution in [0.25, 0.3) is 0 Å². The van der Waals surface area contributed by atoms with Gasteiger partial charge in [-0.1, -0.05) is 19.4 Å². The minimum absolute atomic E-state index is 0.423. The zero-order valence-electron chi connectivity index (χ0n) is 12.6. The fraction of sp³-hybridized carbons (Fsp3) is 0.235. The summed E-state index contributed by atoms with van der Waals surface area (Å²) in [5.74, 6) is -5.75. The zero-order valence-corrected chi connectivity index (χ0v) is 12.6. The van der Waals surface area contributed by atoms with Crippen molar-refractivity contribution < 1.29 is 31.5 Å². The summed E-state index contributed by atoms with van der Waals surface area (Å²) in [6.07, 6.45) is -1.94. The fourth-order valence-corrected chi connectivity index (χ4v) is 2.16. The van der Waals surface area contributed by atoms with Crippen molar-refractivity contribution in [2.24, 2.45) is 0 Å². The highest BCUT2D eigenvalue weighted by atomic mass is 19.3. The predicted octanol–water partition coefficient (Wildman–Crippen LogP) is 5.21. The zero-order chi connectivity index (χ0) is 17.9. The molecule has 0 atom stereocenters. The third-order valence-electron chi connectivity index (χ3n) is 3.27. The van der Waals surface area contributed by atoms with E-state index in [9.17, 15) is 26.7 Å². The average molecular weight is 344 g/mol. The van der Waals surface area contributed by atoms with Crippen LogP contribution in [0, 0.1) is 17.5 Å². The van der Waals surface area contributed by atoms with Crippen LogP contribution in [0.3, 0.4) is 0 Å². The van der Waals surface area contributed by atoms with E-state index in [1.165, 1.54) is 18.2 Å². The van der Waals surface area contributed by atoms with Crippen molar-refractivity contribution >= 4 is 5.97 Å². The van der Waals surface area contributed by atoms with E-state index in [-0.39, 0.29) is 0 Å². The van der Waals surface area contributed by atoms with Gasteiger partial charge in [0.15, 0.2) is 0 Å². The van der Waals surface area contributed by atoms with Crippen LogP contribution in [0.1, 0.15) is 41.3 Å². The Kier molecular flexibility index (Phi) is 5.54. The number of rotatable bonds is 5. The molecular formula is C17H13F5O2. The molecule has 0 unspecified atom stereocenters. The normalized spacial score (nSPS) is 11.0. The number of ether oxygens (including phenoxy) is 1. The van der Waals surface area contributed by atoms with Gasteiger partial charge in [-0.25, -0.2) is 26.7 Å². The maximum atomic E-state index is 13.9. The van der Waals surface area contributed by atoms with E-state index in [0.717, 1.165) is 6.42 Å². The molecular weight excluding hydrogens is 331 g/mol. The van der Waals surface area contributed by atoms with E-state index in [1.54, 1.807) is 0 Å². The molecule has 0 fully saturated rings. The molecule has 24 heavy (non-hydrogen) atoms. The number of benzene rings is 2. The lowest BCUT2D eigenvalue weighted by Crippen LogP contribution is -2.12. The molecule has 2 rings (SSSR count). The SMILES string of the molecule is CCCc1ccc(C(=O)Oc2cc(F)c(C(F)F)c(F)c2)c(F)c1. The molecule has 0 aliphatic rings. The second-order valence-corrected chi connectivity index (χ2v) is 5.06. The van der Waals surface area contributed by atoms with Gasteiger partial charge in [-0.3, -0.25) is 0 Å². The van der Waals surface area contributed by atoms with Crippen molar-refractivity contribution in [1.29, 1.82) is 0 Å². The van der Waals surface area contributed by atoms with E-state index in [0.29, 0.717) is 24.1 Å². The topological polar surface area (TPSA) is 26.3 Å². The molecule has 2 nitrogen and oxygen atoms in total. The second-order valence-electron chi connectivity index (χ2n) is 5.06. The van der Waals surface area contributed by atoms with E-state index >= 15 is 0 Å². The Morgan fingerprint density at radius 2 is 1.67 bits per heavy atom. The van der Waals surface area contributed by atoms with Crippen LogP contribution in [0.4, 0.5) is 22.0 Å². The summed E-state index contributed by atoms with van der Waals surface area (Å²) in [5.41, 5.74) is -1.15. The molecule has 0 aliphatic heterocycles. The Hall–Kier alpha value is -2.44. The maximum Gasteiger partial charge on any atom is 0.346 e. The number of aryl methyl sites for hydroxylation is 1. The molecule has 0 saturated heterocycles. The lowest BCUT2D eigenvalue weighted by atomic mass is 10.1. The van der Waals surface area contributed by atoms with Gasteiger partial charge in [0.2, 0.25) is 0 Å². The number of carbonyl (C=O) groups is 1. The van der Waals surface area contributed by atoms with E-state index in [4.69, 9.17) is 0 Å². The Labute approximate surface area is 134 Å². The maximum absolute atomic E-state index is 13.9. The molecule has 0 bridgehead atoms. The number of esters is 1. The summed E-state index contributed by atoms with van der Waals surface area (Å²) < 4.78 is 70.4. The molecule has 0 amide bonds. The summed E-state index contributed by atoms with van der Waals surface area (Å²) in [5, 5.41) is 0. The van der Waals surface area contributed by atoms with Crippen molar-refractivity contribution in [3.63, 3.8) is 0 Å². The van der Waals surface area contributed by atoms with Crippen molar-refractivity contribution in [2.45, 2.75) is 26.2 Å². The van der Waals surface area contributed by atoms with Gasteiger partial charge in [-0.2, -0.15) is 0 Å². The van der Waals surface area contributed by atoms with Gasteiger partial charge in [-0.05, 0) is 24.1 Å². The molecule has 7 heteroatoms. The van der Waals surface area contributed by atoms with Gasteiger partial charge in [0, 0.05) is 12.1 Å². The van der Waals surface area contributed by atoms with Gasteiger partial charge < -0.3 is 4.74 Å². The molecule has 2 aromatic rings. The number of hydrogen-bond acceptors (Lipinski definition) is 2. The Morgan fingerprint density at radius 3 is 2.17 bits per heavy atom. The largest absolute Gasteiger partial charge is 0.423 e. The van der Waals surface area contributed by atoms with Crippen LogP contribution in [0.2, 0.25) is 0 Å². The minimum atomic E-state index is -3.35. The summed E-state index contributed by atoms with van der Waals surface area (Å²) in [6, 6.07) is 4.80. The third-order valence-corrected chi connectivity index (χ3v) is 3.27. The van der Waals surface area contributed by atoms with Gasteiger partial charge in [0.1, 0.15) is 23.2 Å². The van der Waals surface area contributed by atoms with Crippen molar-refractivity contribution in [3.05, 3.63) is 64.5 Å². The van der Waals surface area contributed by atoms with Crippen LogP contribution in [0.5, 0.6) is 5.75 Å². The quantitative estimate of drug-likeness (QED) is 0.423. The van der Waals surface area contributed by atoms with Gasteiger partial charge in [0.05, 0.1) is 11.1 Å². The van der Waals surface area contributed by atoms with Crippen molar-refractivity contribution in [3.8, 4) is 5.75 Å². The van der Waals surface area contributed by atoms with Gasteiger partial charge >= 0.3 is 5.97 Å². The third kappa shape index (κ3) is 3.90. The van der Waals surface area contributed by atoms with Gasteiger partial charge in [0.25, 0.3) is 6.43 Å². The van der Waals surface area contributed by atoms with Crippen LogP contribution in [-0.4, -0.2) is 5.97 Å². The Morgan fingerprint density at radius 1 is 1.04 bits per heavy atom. The molecule has 0 aromatic heterocycles. The highest BCUT2D eigenvalue weighted by Crippen LogP contribution is 2.29. The molecule has 0 spiro atoms. The molecule has 128 valence electrons. The van der Waals surface area contributed by atoms with Gasteiger partial charge in [-0.15, -0.1) is 0 Å². The molecule has 0 N–H and O–H groups in total. The molecule has 0 aliphatic carbocycles. The lowest BCUT2D eigenvalue weighted by Gasteiger charge is -2.09. The lowest BCUT2D eigenvalue weighted by molar-refractivity contribution is 0.0728. The predicted molar refractivity (Wildman–Crippen MR) is 76.7 cm³/mol. The van der Waals surface area contributed by atoms with Crippen molar-refractivity contribution in [2.75, 3.05) is 0 Å². The summed E-state index contributed by atoms with van der Waals surface area (Å²) >= 11 is 0. The number of alkyl halides is 2. The van der Waals surface area contributed by atoms with Crippen LogP contribution in [0.15, 0.2) is 30.3 Å². The first-order valence-electron chi connectivity index (χ1n) is 7.11. The van der Waals surface area contributed by atoms with Crippen LogP contribution >= 0.6 is 0 Å². The Bertz CT molecular complexity index is 736. The Balaban J connectivity index is 2.24. The average Bonchev–Trinajstić information content (AvgIpc) is 2.46. The minimum Gasteiger partial charge on any atom is -0.423 e. The van der Waals surface area contributed by atoms with E-state index < -0.39 is 46.7 Å². The smallest absolute Gasteiger partial charge is 0.346 e. The first-order chi connectivity index (χ1) is 11.3. The van der Waals surface area contributed by atoms with E-state index in [2.05, 4.69) is 4.74 Å². The standard InChI is InChI=1S/C17H13F5O2/c1-2-3-9-4-5-11(12(18)6-9)17(23)24-10-7-13(19)15(16(21)22)14(20)8-10/h4-8,16H,2-3H2,1H3. The highest BCUT2D eigenvalue weighted by Gasteiger charge is 2.22. The molecule has 0 saturated carbocycles. The monoisotopic (exact) mass is 344 g/mol. The molecule has 2 aromatic carbocycles. The van der Waals surface area contributed by atoms with Crippen molar-refractivity contribution in [1.82, 2.24) is 0 Å².